The molecule has 1 aliphatic rings. The van der Waals surface area contributed by atoms with Crippen molar-refractivity contribution in [3.63, 3.8) is 0 Å². The molecule has 0 fully saturated rings. The second kappa shape index (κ2) is 11.7. The summed E-state index contributed by atoms with van der Waals surface area (Å²) in [7, 11) is 0. The fourth-order valence-electron chi connectivity index (χ4n) is 4.40. The highest BCUT2D eigenvalue weighted by atomic mass is 16.3. The van der Waals surface area contributed by atoms with E-state index in [0.29, 0.717) is 11.3 Å². The lowest BCUT2D eigenvalue weighted by Crippen LogP contribution is -2.32. The Hall–Kier alpha value is -4.27. The van der Waals surface area contributed by atoms with Gasteiger partial charge in [0.25, 0.3) is 5.91 Å². The van der Waals surface area contributed by atoms with Gasteiger partial charge in [0, 0.05) is 34.0 Å². The number of hydrogen-bond donors (Lipinski definition) is 5. The van der Waals surface area contributed by atoms with Gasteiger partial charge in [-0.05, 0) is 67.3 Å². The standard InChI is InChI=1S/C24H26N6O2.C2H5N/c25-14-19-20(26)10-11-21-22(19)17-4-2-1-3-5-18(17)23(29-21)15-6-8-16(9-7-15)24(31)28-12-13-30(27)32;1-2-3/h6-11,14H,1-5,12-13H2,(H5-,25,26,27,28,31,32);2H,1,3H2/p+1. The van der Waals surface area contributed by atoms with E-state index in [9.17, 15) is 9.70 Å². The van der Waals surface area contributed by atoms with Crippen LogP contribution < -0.4 is 22.6 Å². The van der Waals surface area contributed by atoms with Crippen molar-refractivity contribution in [1.82, 2.24) is 10.3 Å². The summed E-state index contributed by atoms with van der Waals surface area (Å²) in [6.45, 7) is 3.35. The van der Waals surface area contributed by atoms with E-state index in [-0.39, 0.29) is 23.9 Å². The third-order valence-corrected chi connectivity index (χ3v) is 5.98. The molecule has 0 unspecified atom stereocenters. The molecule has 9 nitrogen and oxygen atoms in total. The molecule has 4 rings (SSSR count). The molecule has 1 aromatic heterocycles. The zero-order valence-corrected chi connectivity index (χ0v) is 19.7. The average molecular weight is 475 g/mol. The molecule has 8 N–H and O–H groups in total. The summed E-state index contributed by atoms with van der Waals surface area (Å²) >= 11 is 0. The van der Waals surface area contributed by atoms with Gasteiger partial charge in [0.05, 0.1) is 22.7 Å². The first-order chi connectivity index (χ1) is 16.9. The predicted octanol–water partition coefficient (Wildman–Crippen LogP) is 3.22. The Labute approximate surface area is 204 Å². The number of anilines is 1. The van der Waals surface area contributed by atoms with Crippen LogP contribution in [0, 0.1) is 10.3 Å². The minimum absolute atomic E-state index is 0.0270. The maximum atomic E-state index is 12.3. The van der Waals surface area contributed by atoms with E-state index in [0.717, 1.165) is 59.8 Å². The van der Waals surface area contributed by atoms with E-state index in [2.05, 4.69) is 17.6 Å². The number of carbonyl (C=O) groups excluding carboxylic acids is 1. The number of nitroso groups, excluding NO2 is 1. The molecule has 0 spiro atoms. The van der Waals surface area contributed by atoms with Gasteiger partial charge >= 0.3 is 0 Å². The maximum absolute atomic E-state index is 12.3. The van der Waals surface area contributed by atoms with Crippen LogP contribution in [0.4, 0.5) is 5.69 Å². The van der Waals surface area contributed by atoms with Crippen LogP contribution in [0.15, 0.2) is 49.2 Å². The van der Waals surface area contributed by atoms with Crippen molar-refractivity contribution in [2.75, 3.05) is 18.8 Å². The third-order valence-electron chi connectivity index (χ3n) is 5.98. The van der Waals surface area contributed by atoms with E-state index in [1.54, 1.807) is 18.2 Å². The molecule has 182 valence electrons. The minimum atomic E-state index is -0.255. The monoisotopic (exact) mass is 474 g/mol. The highest BCUT2D eigenvalue weighted by molar-refractivity contribution is 6.05. The van der Waals surface area contributed by atoms with Crippen molar-refractivity contribution in [3.05, 3.63) is 76.3 Å². The first-order valence-electron chi connectivity index (χ1n) is 11.6. The Kier molecular flexibility index (Phi) is 8.50. The van der Waals surface area contributed by atoms with Crippen LogP contribution in [0.25, 0.3) is 22.2 Å². The quantitative estimate of drug-likeness (QED) is 0.0919. The molecule has 1 amide bonds. The molecular weight excluding hydrogens is 442 g/mol. The van der Waals surface area contributed by atoms with Crippen LogP contribution in [0.3, 0.4) is 0 Å². The number of fused-ring (bicyclic) bond motifs is 3. The Bertz CT molecular complexity index is 1250. The van der Waals surface area contributed by atoms with Crippen molar-refractivity contribution in [1.29, 1.82) is 5.41 Å². The van der Waals surface area contributed by atoms with Crippen LogP contribution in [0.1, 0.15) is 46.3 Å². The molecule has 1 aliphatic carbocycles. The number of nitrogens with two attached hydrogens (primary N) is 3. The Balaban J connectivity index is 0.00000108. The summed E-state index contributed by atoms with van der Waals surface area (Å²) in [5, 5.41) is 11.6. The van der Waals surface area contributed by atoms with Crippen LogP contribution in [0.5, 0.6) is 0 Å². The van der Waals surface area contributed by atoms with Gasteiger partial charge in [-0.2, -0.15) is 5.84 Å². The first-order valence-corrected chi connectivity index (χ1v) is 11.6. The number of nitrogen functional groups attached to an aromatic ring is 1. The minimum Gasteiger partial charge on any atom is -0.405 e. The molecule has 35 heavy (non-hydrogen) atoms. The number of nitrogens with one attached hydrogen (secondary N) is 2. The number of aromatic nitrogens is 1. The summed E-state index contributed by atoms with van der Waals surface area (Å²) in [4.78, 5) is 28.4. The molecule has 2 aromatic carbocycles. The van der Waals surface area contributed by atoms with E-state index in [1.807, 2.05) is 18.2 Å². The molecule has 1 heterocycles. The van der Waals surface area contributed by atoms with E-state index in [4.69, 9.17) is 22.0 Å². The highest BCUT2D eigenvalue weighted by Crippen LogP contribution is 2.37. The smallest absolute Gasteiger partial charge is 0.251 e. The molecule has 0 radical (unpaired) electrons. The summed E-state index contributed by atoms with van der Waals surface area (Å²) in [5.41, 5.74) is 17.8. The number of benzene rings is 2. The normalized spacial score (nSPS) is 12.5. The number of rotatable bonds is 6. The fraction of sp³-hybridized carbons (Fsp3) is 0.269. The number of hydrogen-bond acceptors (Lipinski definition) is 6. The molecule has 3 aromatic rings. The van der Waals surface area contributed by atoms with Crippen molar-refractivity contribution >= 4 is 28.7 Å². The van der Waals surface area contributed by atoms with Crippen molar-refractivity contribution in [2.45, 2.75) is 32.1 Å². The zero-order valence-electron chi connectivity index (χ0n) is 19.7. The second-order valence-electron chi connectivity index (χ2n) is 8.29. The van der Waals surface area contributed by atoms with Gasteiger partial charge in [-0.25, -0.2) is 4.98 Å². The molecule has 9 heteroatoms. The SMILES string of the molecule is C=CN.N=Cc1c(N)ccc2nc(-c3ccc(C(=O)NCC[N+](N)=O)cc3)c3c(c12)CCCCC3. The second-order valence-corrected chi connectivity index (χ2v) is 8.29. The fourth-order valence-corrected chi connectivity index (χ4v) is 4.40. The summed E-state index contributed by atoms with van der Waals surface area (Å²) in [6, 6.07) is 11.1. The van der Waals surface area contributed by atoms with Crippen LogP contribution in [-0.2, 0) is 12.8 Å². The largest absolute Gasteiger partial charge is 0.405 e. The maximum Gasteiger partial charge on any atom is 0.251 e. The van der Waals surface area contributed by atoms with Gasteiger partial charge in [0.15, 0.2) is 0 Å². The van der Waals surface area contributed by atoms with E-state index >= 15 is 0 Å². The van der Waals surface area contributed by atoms with Crippen LogP contribution in [0.2, 0.25) is 0 Å². The number of nitrogens with zero attached hydrogens (tertiary/aromatic N) is 2. The van der Waals surface area contributed by atoms with Gasteiger partial charge in [-0.15, -0.1) is 0 Å². The number of carbonyl (C=O) groups is 1. The molecule has 0 saturated heterocycles. The number of aryl methyl sites for hydroxylation is 1. The number of amides is 1. The highest BCUT2D eigenvalue weighted by Gasteiger charge is 2.21. The Morgan fingerprint density at radius 1 is 1.11 bits per heavy atom. The zero-order chi connectivity index (χ0) is 25.4. The number of hydrazine groups is 1. The number of pyridine rings is 1. The Morgan fingerprint density at radius 3 is 2.40 bits per heavy atom. The van der Waals surface area contributed by atoms with Crippen LogP contribution in [-0.4, -0.2) is 35.1 Å². The van der Waals surface area contributed by atoms with Crippen LogP contribution >= 0.6 is 0 Å². The average Bonchev–Trinajstić information content (AvgIpc) is 3.10. The van der Waals surface area contributed by atoms with Gasteiger partial charge < -0.3 is 22.2 Å². The molecule has 0 atom stereocenters. The molecule has 0 aliphatic heterocycles. The molecular formula is C26H32N7O2+. The van der Waals surface area contributed by atoms with Gasteiger partial charge in [0.2, 0.25) is 6.54 Å². The lowest BCUT2D eigenvalue weighted by Gasteiger charge is -2.18. The topological polar surface area (TPSA) is 164 Å². The van der Waals surface area contributed by atoms with E-state index in [1.165, 1.54) is 23.5 Å². The lowest BCUT2D eigenvalue weighted by atomic mass is 9.91. The van der Waals surface area contributed by atoms with Gasteiger partial charge in [-0.3, -0.25) is 4.79 Å². The summed E-state index contributed by atoms with van der Waals surface area (Å²) < 4.78 is 0. The summed E-state index contributed by atoms with van der Waals surface area (Å²) in [5.74, 6) is 4.78. The van der Waals surface area contributed by atoms with Gasteiger partial charge in [-0.1, -0.05) is 25.1 Å². The lowest BCUT2D eigenvalue weighted by molar-refractivity contribution is -0.558. The van der Waals surface area contributed by atoms with Crippen molar-refractivity contribution in [3.8, 4) is 11.3 Å². The third kappa shape index (κ3) is 5.81. The predicted molar refractivity (Wildman–Crippen MR) is 140 cm³/mol. The Morgan fingerprint density at radius 2 is 1.77 bits per heavy atom. The van der Waals surface area contributed by atoms with Gasteiger partial charge in [0.1, 0.15) is 4.87 Å². The van der Waals surface area contributed by atoms with Crippen molar-refractivity contribution < 1.29 is 9.66 Å². The summed E-state index contributed by atoms with van der Waals surface area (Å²) in [6.07, 6.45) is 7.78. The van der Waals surface area contributed by atoms with Crippen molar-refractivity contribution in [2.24, 2.45) is 11.6 Å². The first kappa shape index (κ1) is 25.4. The molecule has 0 bridgehead atoms. The molecule has 0 saturated carbocycles. The van der Waals surface area contributed by atoms with E-state index < -0.39 is 0 Å².